The molecule has 4 rings (SSSR count). The van der Waals surface area contributed by atoms with Crippen molar-refractivity contribution in [3.63, 3.8) is 0 Å². The summed E-state index contributed by atoms with van der Waals surface area (Å²) in [6, 6.07) is 16.3. The van der Waals surface area contributed by atoms with Gasteiger partial charge >= 0.3 is 5.97 Å². The van der Waals surface area contributed by atoms with Crippen LogP contribution in [0.4, 0.5) is 0 Å². The van der Waals surface area contributed by atoms with Crippen LogP contribution in [0.2, 0.25) is 0 Å². The van der Waals surface area contributed by atoms with Gasteiger partial charge in [-0.3, -0.25) is 4.79 Å². The fourth-order valence-corrected chi connectivity index (χ4v) is 6.21. The van der Waals surface area contributed by atoms with Crippen LogP contribution in [0.1, 0.15) is 42.6 Å². The smallest absolute Gasteiger partial charge is 0.339 e. The van der Waals surface area contributed by atoms with Crippen LogP contribution in [0.25, 0.3) is 22.2 Å². The van der Waals surface area contributed by atoms with Crippen LogP contribution in [-0.2, 0) is 19.4 Å². The quantitative estimate of drug-likeness (QED) is 0.458. The summed E-state index contributed by atoms with van der Waals surface area (Å²) in [6.45, 7) is 5.38. The summed E-state index contributed by atoms with van der Waals surface area (Å²) in [5, 5.41) is 0.640. The highest BCUT2D eigenvalue weighted by Gasteiger charge is 2.36. The van der Waals surface area contributed by atoms with Crippen LogP contribution in [-0.4, -0.2) is 60.4 Å². The summed E-state index contributed by atoms with van der Waals surface area (Å²) in [7, 11) is -3.16. The van der Waals surface area contributed by atoms with Gasteiger partial charge in [-0.1, -0.05) is 55.0 Å². The number of nitrogens with zero attached hydrogens (tertiary/aromatic N) is 2. The molecule has 7 nitrogen and oxygen atoms in total. The number of amides is 1. The minimum absolute atomic E-state index is 0.0497. The largest absolute Gasteiger partial charge is 0.452 e. The average Bonchev–Trinajstić information content (AvgIpc) is 3.21. The van der Waals surface area contributed by atoms with Crippen molar-refractivity contribution in [2.45, 2.75) is 45.7 Å². The number of hydrogen-bond donors (Lipinski definition) is 0. The molecule has 1 aliphatic heterocycles. The van der Waals surface area contributed by atoms with E-state index in [0.29, 0.717) is 35.0 Å². The lowest BCUT2D eigenvalue weighted by molar-refractivity contribution is -0.138. The third-order valence-corrected chi connectivity index (χ3v) is 8.32. The number of carbonyl (C=O) groups is 2. The number of aromatic nitrogens is 1. The van der Waals surface area contributed by atoms with Gasteiger partial charge in [0.25, 0.3) is 5.91 Å². The van der Waals surface area contributed by atoms with Crippen LogP contribution < -0.4 is 0 Å². The van der Waals surface area contributed by atoms with Gasteiger partial charge in [0.05, 0.1) is 28.3 Å². The monoisotopic (exact) mass is 494 g/mol. The molecular formula is C27H30N2O5S. The number of benzene rings is 2. The Hall–Kier alpha value is -3.26. The Bertz CT molecular complexity index is 1350. The van der Waals surface area contributed by atoms with Crippen molar-refractivity contribution in [1.82, 2.24) is 9.88 Å². The number of rotatable bonds is 7. The number of pyridine rings is 1. The summed E-state index contributed by atoms with van der Waals surface area (Å²) in [5.41, 5.74) is 3.61. The highest BCUT2D eigenvalue weighted by Crippen LogP contribution is 2.26. The van der Waals surface area contributed by atoms with Crippen molar-refractivity contribution in [3.8, 4) is 11.3 Å². The molecule has 1 aromatic heterocycles. The zero-order chi connectivity index (χ0) is 25.2. The van der Waals surface area contributed by atoms with Gasteiger partial charge in [0.2, 0.25) is 0 Å². The zero-order valence-electron chi connectivity index (χ0n) is 20.2. The van der Waals surface area contributed by atoms with Gasteiger partial charge < -0.3 is 9.64 Å². The van der Waals surface area contributed by atoms with Gasteiger partial charge in [-0.15, -0.1) is 0 Å². The number of carbonyl (C=O) groups excluding carboxylic acids is 2. The number of esters is 1. The maximum Gasteiger partial charge on any atom is 0.339 e. The molecule has 2 aromatic carbocycles. The van der Waals surface area contributed by atoms with E-state index in [4.69, 9.17) is 9.72 Å². The Morgan fingerprint density at radius 3 is 2.51 bits per heavy atom. The molecule has 1 saturated heterocycles. The normalized spacial score (nSPS) is 17.7. The van der Waals surface area contributed by atoms with E-state index in [9.17, 15) is 18.0 Å². The van der Waals surface area contributed by atoms with Crippen LogP contribution in [0.15, 0.2) is 54.6 Å². The molecule has 0 unspecified atom stereocenters. The maximum atomic E-state index is 13.2. The highest BCUT2D eigenvalue weighted by molar-refractivity contribution is 7.91. The molecular weight excluding hydrogens is 464 g/mol. The fraction of sp³-hybridized carbons (Fsp3) is 0.370. The van der Waals surface area contributed by atoms with E-state index in [0.717, 1.165) is 11.1 Å². The van der Waals surface area contributed by atoms with Crippen molar-refractivity contribution >= 4 is 32.6 Å². The summed E-state index contributed by atoms with van der Waals surface area (Å²) >= 11 is 0. The molecule has 1 fully saturated rings. The Labute approximate surface area is 206 Å². The first-order valence-electron chi connectivity index (χ1n) is 11.8. The Morgan fingerprint density at radius 2 is 1.86 bits per heavy atom. The van der Waals surface area contributed by atoms with Crippen LogP contribution >= 0.6 is 0 Å². The second-order valence-electron chi connectivity index (χ2n) is 9.13. The van der Waals surface area contributed by atoms with Crippen molar-refractivity contribution in [3.05, 3.63) is 65.7 Å². The van der Waals surface area contributed by atoms with Gasteiger partial charge in [0.15, 0.2) is 16.4 Å². The molecule has 2 atom stereocenters. The first-order chi connectivity index (χ1) is 16.7. The topological polar surface area (TPSA) is 93.6 Å². The molecule has 0 bridgehead atoms. The summed E-state index contributed by atoms with van der Waals surface area (Å²) in [5.74, 6) is -0.977. The van der Waals surface area contributed by atoms with Gasteiger partial charge in [-0.05, 0) is 38.8 Å². The van der Waals surface area contributed by atoms with Crippen LogP contribution in [0.3, 0.4) is 0 Å². The second kappa shape index (κ2) is 10.2. The van der Waals surface area contributed by atoms with E-state index in [1.54, 1.807) is 17.0 Å². The molecule has 184 valence electrons. The maximum absolute atomic E-state index is 13.2. The SMILES string of the molecule is CC[C@@H](C)N(C(=O)COC(=O)c1cc(-c2ccc(C)cc2)nc2ccccc12)[C@H]1CCS(=O)(=O)C1. The minimum atomic E-state index is -3.16. The number of fused-ring (bicyclic) bond motifs is 1. The lowest BCUT2D eigenvalue weighted by Crippen LogP contribution is -2.48. The van der Waals surface area contributed by atoms with E-state index >= 15 is 0 Å². The molecule has 2 heterocycles. The standard InChI is InChI=1S/C27H30N2O5S/c1-4-19(3)29(21-13-14-35(32,33)17-21)26(30)16-34-27(31)23-15-25(20-11-9-18(2)10-12-20)28-24-8-6-5-7-22(23)24/h5-12,15,19,21H,4,13-14,16-17H2,1-3H3/t19-,21+/m1/s1. The van der Waals surface area contributed by atoms with E-state index in [1.807, 2.05) is 63.2 Å². The number of para-hydroxylation sites is 1. The van der Waals surface area contributed by atoms with Gasteiger partial charge in [0, 0.05) is 23.0 Å². The van der Waals surface area contributed by atoms with E-state index < -0.39 is 28.5 Å². The molecule has 3 aromatic rings. The Morgan fingerprint density at radius 1 is 1.14 bits per heavy atom. The van der Waals surface area contributed by atoms with Crippen LogP contribution in [0.5, 0.6) is 0 Å². The molecule has 35 heavy (non-hydrogen) atoms. The minimum Gasteiger partial charge on any atom is -0.452 e. The fourth-order valence-electron chi connectivity index (χ4n) is 4.50. The van der Waals surface area contributed by atoms with E-state index in [2.05, 4.69) is 0 Å². The molecule has 1 aliphatic rings. The van der Waals surface area contributed by atoms with E-state index in [1.165, 1.54) is 0 Å². The van der Waals surface area contributed by atoms with Crippen molar-refractivity contribution in [2.24, 2.45) is 0 Å². The van der Waals surface area contributed by atoms with Gasteiger partial charge in [-0.2, -0.15) is 0 Å². The number of hydrogen-bond acceptors (Lipinski definition) is 6. The number of sulfone groups is 1. The van der Waals surface area contributed by atoms with E-state index in [-0.39, 0.29) is 23.5 Å². The molecule has 0 spiro atoms. The third-order valence-electron chi connectivity index (χ3n) is 6.57. The lowest BCUT2D eigenvalue weighted by atomic mass is 10.0. The first-order valence-corrected chi connectivity index (χ1v) is 13.7. The van der Waals surface area contributed by atoms with Crippen LogP contribution in [0, 0.1) is 6.92 Å². The lowest BCUT2D eigenvalue weighted by Gasteiger charge is -2.33. The molecule has 8 heteroatoms. The molecule has 0 saturated carbocycles. The molecule has 0 radical (unpaired) electrons. The predicted octanol–water partition coefficient (Wildman–Crippen LogP) is 4.18. The predicted molar refractivity (Wildman–Crippen MR) is 136 cm³/mol. The van der Waals surface area contributed by atoms with Gasteiger partial charge in [-0.25, -0.2) is 18.2 Å². The Kier molecular flexibility index (Phi) is 7.21. The second-order valence-corrected chi connectivity index (χ2v) is 11.4. The average molecular weight is 495 g/mol. The molecule has 0 aliphatic carbocycles. The summed E-state index contributed by atoms with van der Waals surface area (Å²) in [6.07, 6.45) is 1.08. The van der Waals surface area contributed by atoms with Crippen molar-refractivity contribution in [1.29, 1.82) is 0 Å². The summed E-state index contributed by atoms with van der Waals surface area (Å²) < 4.78 is 29.5. The van der Waals surface area contributed by atoms with Gasteiger partial charge in [0.1, 0.15) is 0 Å². The third kappa shape index (κ3) is 5.53. The molecule has 0 N–H and O–H groups in total. The first kappa shape index (κ1) is 24.9. The van der Waals surface area contributed by atoms with Crippen molar-refractivity contribution < 1.29 is 22.7 Å². The zero-order valence-corrected chi connectivity index (χ0v) is 21.0. The number of aryl methyl sites for hydroxylation is 1. The highest BCUT2D eigenvalue weighted by atomic mass is 32.2. The summed E-state index contributed by atoms with van der Waals surface area (Å²) in [4.78, 5) is 32.6. The Balaban J connectivity index is 1.58. The molecule has 1 amide bonds. The van der Waals surface area contributed by atoms with Crippen molar-refractivity contribution in [2.75, 3.05) is 18.1 Å². The number of ether oxygens (including phenoxy) is 1.